The largest absolute Gasteiger partial charge is 0.399 e. The summed E-state index contributed by atoms with van der Waals surface area (Å²) >= 11 is 3.13. The van der Waals surface area contributed by atoms with E-state index in [0.717, 1.165) is 24.1 Å². The Morgan fingerprint density at radius 1 is 1.33 bits per heavy atom. The maximum atomic E-state index is 14.3. The average molecular weight is 346 g/mol. The first-order chi connectivity index (χ1) is 10.1. The molecule has 0 radical (unpaired) electrons. The number of aryl methyl sites for hydroxylation is 1. The van der Waals surface area contributed by atoms with Gasteiger partial charge >= 0.3 is 0 Å². The van der Waals surface area contributed by atoms with E-state index in [9.17, 15) is 4.39 Å². The van der Waals surface area contributed by atoms with Crippen LogP contribution < -0.4 is 11.1 Å². The second kappa shape index (κ2) is 5.38. The highest BCUT2D eigenvalue weighted by Crippen LogP contribution is 2.36. The lowest BCUT2D eigenvalue weighted by molar-refractivity contribution is 0.618. The van der Waals surface area contributed by atoms with Crippen LogP contribution in [-0.4, -0.2) is 0 Å². The minimum atomic E-state index is -0.432. The van der Waals surface area contributed by atoms with Crippen LogP contribution in [0, 0.1) is 17.1 Å². The maximum Gasteiger partial charge on any atom is 0.161 e. The molecular formula is C16H13BrFN3. The van der Waals surface area contributed by atoms with Crippen LogP contribution >= 0.6 is 15.9 Å². The van der Waals surface area contributed by atoms with E-state index in [1.54, 1.807) is 12.1 Å². The molecule has 0 aliphatic heterocycles. The summed E-state index contributed by atoms with van der Waals surface area (Å²) in [6.07, 6.45) is 1.83. The molecule has 0 spiro atoms. The molecule has 0 saturated carbocycles. The van der Waals surface area contributed by atoms with Crippen LogP contribution in [-0.2, 0) is 6.42 Å². The molecule has 5 heteroatoms. The van der Waals surface area contributed by atoms with Crippen molar-refractivity contribution in [2.24, 2.45) is 0 Å². The Balaban J connectivity index is 1.90. The third-order valence-electron chi connectivity index (χ3n) is 3.78. The molecule has 3 nitrogen and oxygen atoms in total. The fourth-order valence-corrected chi connectivity index (χ4v) is 3.16. The van der Waals surface area contributed by atoms with Gasteiger partial charge in [-0.05, 0) is 64.2 Å². The van der Waals surface area contributed by atoms with E-state index in [2.05, 4.69) is 21.2 Å². The van der Waals surface area contributed by atoms with Crippen molar-refractivity contribution in [2.75, 3.05) is 11.1 Å². The second-order valence-corrected chi connectivity index (χ2v) is 5.89. The topological polar surface area (TPSA) is 61.8 Å². The molecule has 0 heterocycles. The molecule has 2 aromatic rings. The van der Waals surface area contributed by atoms with Crippen molar-refractivity contribution in [1.29, 1.82) is 5.26 Å². The Hall–Kier alpha value is -2.06. The summed E-state index contributed by atoms with van der Waals surface area (Å²) in [7, 11) is 0. The van der Waals surface area contributed by atoms with Crippen LogP contribution in [0.2, 0.25) is 0 Å². The van der Waals surface area contributed by atoms with Crippen LogP contribution in [0.3, 0.4) is 0 Å². The average Bonchev–Trinajstić information content (AvgIpc) is 2.86. The first-order valence-electron chi connectivity index (χ1n) is 6.63. The van der Waals surface area contributed by atoms with Gasteiger partial charge in [0, 0.05) is 5.69 Å². The minimum Gasteiger partial charge on any atom is -0.399 e. The van der Waals surface area contributed by atoms with Gasteiger partial charge in [-0.25, -0.2) is 4.39 Å². The molecule has 0 fully saturated rings. The molecule has 0 aromatic heterocycles. The lowest BCUT2D eigenvalue weighted by Crippen LogP contribution is -2.09. The van der Waals surface area contributed by atoms with Crippen molar-refractivity contribution in [3.05, 3.63) is 57.3 Å². The zero-order valence-corrected chi connectivity index (χ0v) is 12.7. The molecule has 1 aliphatic rings. The molecule has 2 aromatic carbocycles. The van der Waals surface area contributed by atoms with E-state index in [0.29, 0.717) is 5.69 Å². The van der Waals surface area contributed by atoms with Gasteiger partial charge in [0.05, 0.1) is 21.8 Å². The fraction of sp³-hybridized carbons (Fsp3) is 0.188. The molecule has 0 amide bonds. The van der Waals surface area contributed by atoms with Crippen molar-refractivity contribution in [2.45, 2.75) is 18.9 Å². The molecule has 0 saturated heterocycles. The highest BCUT2D eigenvalue weighted by molar-refractivity contribution is 9.10. The van der Waals surface area contributed by atoms with Crippen LogP contribution in [0.5, 0.6) is 0 Å². The van der Waals surface area contributed by atoms with Gasteiger partial charge in [0.15, 0.2) is 5.82 Å². The molecular weight excluding hydrogens is 333 g/mol. The molecule has 3 N–H and O–H groups in total. The monoisotopic (exact) mass is 345 g/mol. The number of halogens is 2. The first kappa shape index (κ1) is 13.9. The Morgan fingerprint density at radius 2 is 2.14 bits per heavy atom. The van der Waals surface area contributed by atoms with Crippen LogP contribution in [0.15, 0.2) is 34.8 Å². The van der Waals surface area contributed by atoms with Crippen molar-refractivity contribution in [3.8, 4) is 6.07 Å². The highest BCUT2D eigenvalue weighted by Gasteiger charge is 2.23. The van der Waals surface area contributed by atoms with E-state index >= 15 is 0 Å². The van der Waals surface area contributed by atoms with E-state index in [1.807, 2.05) is 24.3 Å². The minimum absolute atomic E-state index is 0.0648. The number of benzene rings is 2. The van der Waals surface area contributed by atoms with Gasteiger partial charge in [-0.3, -0.25) is 0 Å². The molecule has 1 aliphatic carbocycles. The highest BCUT2D eigenvalue weighted by atomic mass is 79.9. The lowest BCUT2D eigenvalue weighted by Gasteiger charge is -2.17. The molecule has 3 rings (SSSR count). The second-order valence-electron chi connectivity index (χ2n) is 5.09. The van der Waals surface area contributed by atoms with Gasteiger partial charge in [-0.2, -0.15) is 5.26 Å². The van der Waals surface area contributed by atoms with Gasteiger partial charge in [0.1, 0.15) is 6.07 Å². The summed E-state index contributed by atoms with van der Waals surface area (Å²) in [4.78, 5) is 0. The predicted octanol–water partition coefficient (Wildman–Crippen LogP) is 4.14. The summed E-state index contributed by atoms with van der Waals surface area (Å²) in [5.74, 6) is -0.432. The number of nitrogens with zero attached hydrogens (tertiary/aromatic N) is 1. The Labute approximate surface area is 130 Å². The van der Waals surface area contributed by atoms with E-state index < -0.39 is 5.82 Å². The number of nitrogen functional groups attached to an aromatic ring is 1. The number of fused-ring (bicyclic) bond motifs is 1. The third kappa shape index (κ3) is 2.47. The summed E-state index contributed by atoms with van der Waals surface area (Å²) in [6, 6.07) is 11.1. The number of hydrogen-bond donors (Lipinski definition) is 2. The van der Waals surface area contributed by atoms with Gasteiger partial charge in [0.25, 0.3) is 0 Å². The molecule has 1 atom stereocenters. The van der Waals surface area contributed by atoms with Crippen molar-refractivity contribution < 1.29 is 4.39 Å². The van der Waals surface area contributed by atoms with Gasteiger partial charge in [-0.1, -0.05) is 6.07 Å². The summed E-state index contributed by atoms with van der Waals surface area (Å²) in [6.45, 7) is 0. The van der Waals surface area contributed by atoms with E-state index in [-0.39, 0.29) is 16.1 Å². The van der Waals surface area contributed by atoms with Crippen LogP contribution in [0.1, 0.15) is 29.2 Å². The fourth-order valence-electron chi connectivity index (χ4n) is 2.72. The summed E-state index contributed by atoms with van der Waals surface area (Å²) in [5.41, 5.74) is 9.59. The number of anilines is 2. The smallest absolute Gasteiger partial charge is 0.161 e. The Bertz CT molecular complexity index is 752. The van der Waals surface area contributed by atoms with Crippen LogP contribution in [0.25, 0.3) is 0 Å². The Kier molecular flexibility index (Phi) is 3.56. The van der Waals surface area contributed by atoms with E-state index in [1.165, 1.54) is 5.56 Å². The molecule has 21 heavy (non-hydrogen) atoms. The lowest BCUT2D eigenvalue weighted by atomic mass is 10.1. The summed E-state index contributed by atoms with van der Waals surface area (Å²) in [5, 5.41) is 12.1. The van der Waals surface area contributed by atoms with E-state index in [4.69, 9.17) is 11.0 Å². The van der Waals surface area contributed by atoms with Crippen molar-refractivity contribution in [1.82, 2.24) is 0 Å². The molecule has 0 bridgehead atoms. The number of hydrogen-bond acceptors (Lipinski definition) is 3. The zero-order valence-electron chi connectivity index (χ0n) is 11.2. The number of nitrogens with one attached hydrogen (secondary N) is 1. The zero-order chi connectivity index (χ0) is 15.0. The maximum absolute atomic E-state index is 14.3. The predicted molar refractivity (Wildman–Crippen MR) is 84.4 cm³/mol. The normalized spacial score (nSPS) is 16.3. The van der Waals surface area contributed by atoms with Crippen molar-refractivity contribution in [3.63, 3.8) is 0 Å². The SMILES string of the molecule is N#Cc1ccc(NC2CCc3cc(N)ccc32)c(F)c1Br. The van der Waals surface area contributed by atoms with Crippen LogP contribution in [0.4, 0.5) is 15.8 Å². The Morgan fingerprint density at radius 3 is 2.90 bits per heavy atom. The molecule has 106 valence electrons. The van der Waals surface area contributed by atoms with Gasteiger partial charge < -0.3 is 11.1 Å². The van der Waals surface area contributed by atoms with Crippen molar-refractivity contribution >= 4 is 27.3 Å². The number of nitrogens with two attached hydrogens (primary N) is 1. The molecule has 1 unspecified atom stereocenters. The summed E-state index contributed by atoms with van der Waals surface area (Å²) < 4.78 is 14.5. The number of nitriles is 1. The standard InChI is InChI=1S/C16H13BrFN3/c17-15-10(8-19)2-6-14(16(15)18)21-13-5-1-9-7-11(20)3-4-12(9)13/h2-4,6-7,13,21H,1,5,20H2. The van der Waals surface area contributed by atoms with Gasteiger partial charge in [-0.15, -0.1) is 0 Å². The quantitative estimate of drug-likeness (QED) is 0.804. The third-order valence-corrected chi connectivity index (χ3v) is 4.55. The first-order valence-corrected chi connectivity index (χ1v) is 7.42. The number of rotatable bonds is 2. The van der Waals surface area contributed by atoms with Gasteiger partial charge in [0.2, 0.25) is 0 Å².